The number of methoxy groups -OCH3 is 2. The molecule has 0 aromatic heterocycles. The van der Waals surface area contributed by atoms with Gasteiger partial charge in [-0.3, -0.25) is 9.59 Å². The highest BCUT2D eigenvalue weighted by Gasteiger charge is 2.16. The fourth-order valence-corrected chi connectivity index (χ4v) is 3.09. The van der Waals surface area contributed by atoms with Gasteiger partial charge in [0.05, 0.1) is 14.2 Å². The zero-order chi connectivity index (χ0) is 18.1. The van der Waals surface area contributed by atoms with Crippen LogP contribution in [0.2, 0.25) is 0 Å². The smallest absolute Gasteiger partial charge is 0.306 e. The number of nitrogens with one attached hydrogen (secondary N) is 1. The summed E-state index contributed by atoms with van der Waals surface area (Å²) in [5.41, 5.74) is 0.527. The van der Waals surface area contributed by atoms with E-state index < -0.39 is 0 Å². The molecular formula is C19H27NO5. The Bertz CT molecular complexity index is 559. The van der Waals surface area contributed by atoms with Gasteiger partial charge in [0, 0.05) is 30.3 Å². The Morgan fingerprint density at radius 3 is 2.28 bits per heavy atom. The van der Waals surface area contributed by atoms with Crippen LogP contribution in [-0.4, -0.2) is 32.7 Å². The van der Waals surface area contributed by atoms with Gasteiger partial charge in [0.1, 0.15) is 11.5 Å². The monoisotopic (exact) mass is 349 g/mol. The third-order valence-corrected chi connectivity index (χ3v) is 4.48. The van der Waals surface area contributed by atoms with Crippen LogP contribution in [0.15, 0.2) is 18.2 Å². The molecule has 0 spiro atoms. The van der Waals surface area contributed by atoms with E-state index in [9.17, 15) is 9.59 Å². The van der Waals surface area contributed by atoms with Crippen molar-refractivity contribution in [1.29, 1.82) is 0 Å². The molecule has 1 fully saturated rings. The van der Waals surface area contributed by atoms with E-state index in [0.717, 1.165) is 6.42 Å². The summed E-state index contributed by atoms with van der Waals surface area (Å²) in [5.74, 6) is 1.06. The van der Waals surface area contributed by atoms with Crippen LogP contribution in [0.3, 0.4) is 0 Å². The molecule has 1 aliphatic carbocycles. The first-order valence-electron chi connectivity index (χ1n) is 8.79. The minimum absolute atomic E-state index is 0.289. The Hall–Kier alpha value is -2.24. The summed E-state index contributed by atoms with van der Waals surface area (Å²) in [5, 5.41) is 2.68. The van der Waals surface area contributed by atoms with Crippen LogP contribution in [0.5, 0.6) is 11.5 Å². The molecule has 0 atom stereocenters. The number of amides is 1. The Kier molecular flexibility index (Phi) is 7.57. The van der Waals surface area contributed by atoms with Crippen molar-refractivity contribution >= 4 is 17.6 Å². The molecule has 0 heterocycles. The van der Waals surface area contributed by atoms with E-state index in [-0.39, 0.29) is 18.5 Å². The number of benzene rings is 1. The number of anilines is 1. The number of esters is 1. The van der Waals surface area contributed by atoms with E-state index in [0.29, 0.717) is 29.5 Å². The van der Waals surface area contributed by atoms with Crippen LogP contribution >= 0.6 is 0 Å². The number of hydrogen-bond acceptors (Lipinski definition) is 5. The van der Waals surface area contributed by atoms with Gasteiger partial charge in [-0.2, -0.15) is 0 Å². The summed E-state index contributed by atoms with van der Waals surface area (Å²) in [6.45, 7) is -0.289. The maximum absolute atomic E-state index is 12.0. The Morgan fingerprint density at radius 1 is 1.04 bits per heavy atom. The Balaban J connectivity index is 1.73. The van der Waals surface area contributed by atoms with Gasteiger partial charge in [-0.15, -0.1) is 0 Å². The van der Waals surface area contributed by atoms with Gasteiger partial charge in [0.25, 0.3) is 5.91 Å². The third-order valence-electron chi connectivity index (χ3n) is 4.48. The van der Waals surface area contributed by atoms with E-state index >= 15 is 0 Å². The first-order valence-corrected chi connectivity index (χ1v) is 8.79. The lowest BCUT2D eigenvalue weighted by Gasteiger charge is -2.20. The molecule has 2 rings (SSSR count). The largest absolute Gasteiger partial charge is 0.497 e. The predicted molar refractivity (Wildman–Crippen MR) is 94.9 cm³/mol. The number of ether oxygens (including phenoxy) is 3. The number of carbonyl (C=O) groups is 2. The Morgan fingerprint density at radius 2 is 1.68 bits per heavy atom. The lowest BCUT2D eigenvalue weighted by Crippen LogP contribution is -2.21. The SMILES string of the molecule is COc1cc(NC(=O)COC(=O)CCC2CCCCC2)cc(OC)c1. The van der Waals surface area contributed by atoms with E-state index in [1.165, 1.54) is 46.3 Å². The van der Waals surface area contributed by atoms with E-state index in [4.69, 9.17) is 14.2 Å². The second kappa shape index (κ2) is 9.91. The highest BCUT2D eigenvalue weighted by Crippen LogP contribution is 2.27. The maximum atomic E-state index is 12.0. The van der Waals surface area contributed by atoms with E-state index in [2.05, 4.69) is 5.32 Å². The second-order valence-electron chi connectivity index (χ2n) is 6.35. The molecule has 1 aromatic rings. The minimum Gasteiger partial charge on any atom is -0.497 e. The number of rotatable bonds is 8. The summed E-state index contributed by atoms with van der Waals surface area (Å²) in [4.78, 5) is 23.8. The molecule has 0 saturated heterocycles. The normalized spacial score (nSPS) is 14.6. The minimum atomic E-state index is -0.388. The van der Waals surface area contributed by atoms with Gasteiger partial charge in [0.2, 0.25) is 0 Å². The molecule has 0 aliphatic heterocycles. The van der Waals surface area contributed by atoms with Gasteiger partial charge in [-0.05, 0) is 12.3 Å². The highest BCUT2D eigenvalue weighted by molar-refractivity contribution is 5.93. The van der Waals surface area contributed by atoms with Crippen LogP contribution in [0.25, 0.3) is 0 Å². The van der Waals surface area contributed by atoms with Crippen LogP contribution in [-0.2, 0) is 14.3 Å². The summed E-state index contributed by atoms with van der Waals surface area (Å²) in [6, 6.07) is 5.05. The topological polar surface area (TPSA) is 73.9 Å². The van der Waals surface area contributed by atoms with Gasteiger partial charge >= 0.3 is 5.97 Å². The van der Waals surface area contributed by atoms with Gasteiger partial charge in [0.15, 0.2) is 6.61 Å². The second-order valence-corrected chi connectivity index (χ2v) is 6.35. The zero-order valence-electron chi connectivity index (χ0n) is 15.0. The third kappa shape index (κ3) is 6.64. The van der Waals surface area contributed by atoms with Crippen molar-refractivity contribution in [2.24, 2.45) is 5.92 Å². The molecule has 1 N–H and O–H groups in total. The van der Waals surface area contributed by atoms with E-state index in [1.807, 2.05) is 0 Å². The van der Waals surface area contributed by atoms with Gasteiger partial charge < -0.3 is 19.5 Å². The standard InChI is InChI=1S/C19H27NO5/c1-23-16-10-15(11-17(12-16)24-2)20-18(21)13-25-19(22)9-8-14-6-4-3-5-7-14/h10-12,14H,3-9,13H2,1-2H3,(H,20,21). The van der Waals surface area contributed by atoms with Crippen LogP contribution in [0.1, 0.15) is 44.9 Å². The first kappa shape index (κ1) is 19.1. The van der Waals surface area contributed by atoms with E-state index in [1.54, 1.807) is 18.2 Å². The average molecular weight is 349 g/mol. The number of hydrogen-bond donors (Lipinski definition) is 1. The van der Waals surface area contributed by atoms with Crippen LogP contribution in [0, 0.1) is 5.92 Å². The van der Waals surface area contributed by atoms with Crippen LogP contribution in [0.4, 0.5) is 5.69 Å². The predicted octanol–water partition coefficient (Wildman–Crippen LogP) is 3.55. The fraction of sp³-hybridized carbons (Fsp3) is 0.579. The summed E-state index contributed by atoms with van der Waals surface area (Å²) in [7, 11) is 3.07. The molecular weight excluding hydrogens is 322 g/mol. The van der Waals surface area contributed by atoms with Crippen LogP contribution < -0.4 is 14.8 Å². The van der Waals surface area contributed by atoms with Crippen molar-refractivity contribution in [3.8, 4) is 11.5 Å². The zero-order valence-corrected chi connectivity index (χ0v) is 15.0. The van der Waals surface area contributed by atoms with Crippen molar-refractivity contribution in [2.75, 3.05) is 26.1 Å². The highest BCUT2D eigenvalue weighted by atomic mass is 16.5. The van der Waals surface area contributed by atoms with Crippen molar-refractivity contribution < 1.29 is 23.8 Å². The molecule has 138 valence electrons. The van der Waals surface area contributed by atoms with Crippen molar-refractivity contribution in [2.45, 2.75) is 44.9 Å². The molecule has 1 aliphatic rings. The van der Waals surface area contributed by atoms with Crippen molar-refractivity contribution in [1.82, 2.24) is 0 Å². The quantitative estimate of drug-likeness (QED) is 0.727. The Labute approximate surface area is 148 Å². The summed E-state index contributed by atoms with van der Waals surface area (Å²) in [6.07, 6.45) is 7.45. The molecule has 0 unspecified atom stereocenters. The molecule has 0 bridgehead atoms. The molecule has 1 aromatic carbocycles. The maximum Gasteiger partial charge on any atom is 0.306 e. The van der Waals surface area contributed by atoms with Gasteiger partial charge in [-0.1, -0.05) is 32.1 Å². The molecule has 6 heteroatoms. The molecule has 1 amide bonds. The first-order chi connectivity index (χ1) is 12.1. The molecule has 0 radical (unpaired) electrons. The summed E-state index contributed by atoms with van der Waals surface area (Å²) < 4.78 is 15.4. The molecule has 6 nitrogen and oxygen atoms in total. The van der Waals surface area contributed by atoms with Crippen molar-refractivity contribution in [3.63, 3.8) is 0 Å². The van der Waals surface area contributed by atoms with Gasteiger partial charge in [-0.25, -0.2) is 0 Å². The lowest BCUT2D eigenvalue weighted by molar-refractivity contribution is -0.147. The fourth-order valence-electron chi connectivity index (χ4n) is 3.09. The van der Waals surface area contributed by atoms with Crippen molar-refractivity contribution in [3.05, 3.63) is 18.2 Å². The average Bonchev–Trinajstić information content (AvgIpc) is 2.65. The lowest BCUT2D eigenvalue weighted by atomic mass is 9.86. The molecule has 25 heavy (non-hydrogen) atoms. The number of carbonyl (C=O) groups excluding carboxylic acids is 2. The molecule has 1 saturated carbocycles. The summed E-state index contributed by atoms with van der Waals surface area (Å²) >= 11 is 0.